The number of hydrogen-bond donors (Lipinski definition) is 1. The van der Waals surface area contributed by atoms with Crippen LogP contribution < -0.4 is 0 Å². The molecule has 0 radical (unpaired) electrons. The van der Waals surface area contributed by atoms with E-state index in [4.69, 9.17) is 0 Å². The number of aromatic amines is 1. The number of fused-ring (bicyclic) bond motifs is 2. The van der Waals surface area contributed by atoms with E-state index in [-0.39, 0.29) is 16.7 Å². The van der Waals surface area contributed by atoms with Crippen LogP contribution in [0, 0.1) is 5.82 Å². The van der Waals surface area contributed by atoms with Crippen molar-refractivity contribution in [2.75, 3.05) is 6.54 Å². The molecule has 1 aliphatic rings. The molecule has 158 valence electrons. The number of H-pyrrole nitrogens is 1. The summed E-state index contributed by atoms with van der Waals surface area (Å²) in [7, 11) is 0. The zero-order valence-electron chi connectivity index (χ0n) is 16.5. The summed E-state index contributed by atoms with van der Waals surface area (Å²) < 4.78 is 15.8. The van der Waals surface area contributed by atoms with Crippen molar-refractivity contribution in [1.82, 2.24) is 39.7 Å². The summed E-state index contributed by atoms with van der Waals surface area (Å²) in [6.07, 6.45) is 5.56. The van der Waals surface area contributed by atoms with Gasteiger partial charge in [-0.25, -0.2) is 13.9 Å². The Balaban J connectivity index is 1.41. The lowest BCUT2D eigenvalue weighted by Gasteiger charge is -2.33. The molecule has 1 aliphatic heterocycles. The topological polar surface area (TPSA) is 105 Å². The fraction of sp³-hybridized carbons (Fsp3) is 0.143. The first kappa shape index (κ1) is 18.8. The van der Waals surface area contributed by atoms with Gasteiger partial charge in [0.2, 0.25) is 5.01 Å². The number of rotatable bonds is 3. The molecule has 0 aliphatic carbocycles. The van der Waals surface area contributed by atoms with Crippen LogP contribution in [-0.2, 0) is 6.42 Å². The van der Waals surface area contributed by atoms with Gasteiger partial charge in [-0.05, 0) is 30.3 Å². The molecule has 0 aromatic carbocycles. The number of halogens is 1. The average molecular weight is 446 g/mol. The molecule has 1 atom stereocenters. The van der Waals surface area contributed by atoms with Crippen molar-refractivity contribution in [1.29, 1.82) is 0 Å². The number of pyridine rings is 2. The zero-order chi connectivity index (χ0) is 21.7. The van der Waals surface area contributed by atoms with Gasteiger partial charge >= 0.3 is 0 Å². The fourth-order valence-corrected chi connectivity index (χ4v) is 4.73. The number of aromatic nitrogens is 7. The Morgan fingerprint density at radius 1 is 1.19 bits per heavy atom. The van der Waals surface area contributed by atoms with Crippen molar-refractivity contribution in [3.63, 3.8) is 0 Å². The summed E-state index contributed by atoms with van der Waals surface area (Å²) in [5.74, 6) is -0.660. The first-order chi connectivity index (χ1) is 15.7. The summed E-state index contributed by atoms with van der Waals surface area (Å²) in [4.78, 5) is 27.0. The van der Waals surface area contributed by atoms with Crippen LogP contribution in [-0.4, -0.2) is 52.1 Å². The largest absolute Gasteiger partial charge is 0.348 e. The Morgan fingerprint density at radius 3 is 2.97 bits per heavy atom. The first-order valence-electron chi connectivity index (χ1n) is 9.91. The van der Waals surface area contributed by atoms with Gasteiger partial charge in [0.25, 0.3) is 5.91 Å². The normalized spacial score (nSPS) is 15.8. The molecule has 0 saturated carbocycles. The van der Waals surface area contributed by atoms with E-state index in [9.17, 15) is 9.18 Å². The van der Waals surface area contributed by atoms with Crippen LogP contribution in [0.1, 0.15) is 32.9 Å². The highest BCUT2D eigenvalue weighted by molar-refractivity contribution is 7.16. The van der Waals surface area contributed by atoms with Crippen molar-refractivity contribution in [3.05, 3.63) is 83.0 Å². The second kappa shape index (κ2) is 7.31. The Bertz CT molecular complexity index is 1440. The predicted molar refractivity (Wildman–Crippen MR) is 113 cm³/mol. The highest BCUT2D eigenvalue weighted by Gasteiger charge is 2.37. The smallest absolute Gasteiger partial charge is 0.285 e. The lowest BCUT2D eigenvalue weighted by atomic mass is 9.99. The molecule has 9 nitrogen and oxygen atoms in total. The molecular formula is C21H15FN8OS. The van der Waals surface area contributed by atoms with Crippen molar-refractivity contribution in [2.24, 2.45) is 0 Å². The third kappa shape index (κ3) is 2.97. The molecule has 1 amide bonds. The van der Waals surface area contributed by atoms with Gasteiger partial charge in [-0.3, -0.25) is 9.78 Å². The van der Waals surface area contributed by atoms with Crippen molar-refractivity contribution in [2.45, 2.75) is 12.5 Å². The Kier molecular flexibility index (Phi) is 4.28. The van der Waals surface area contributed by atoms with E-state index in [0.29, 0.717) is 40.6 Å². The number of carbonyl (C=O) groups is 1. The van der Waals surface area contributed by atoms with Crippen LogP contribution in [0.4, 0.5) is 4.39 Å². The molecule has 0 unspecified atom stereocenters. The molecule has 5 aromatic rings. The number of imidazole rings is 1. The Morgan fingerprint density at radius 2 is 2.12 bits per heavy atom. The fourth-order valence-electron chi connectivity index (χ4n) is 3.95. The molecule has 6 rings (SSSR count). The van der Waals surface area contributed by atoms with Gasteiger partial charge in [0, 0.05) is 31.1 Å². The quantitative estimate of drug-likeness (QED) is 0.457. The zero-order valence-corrected chi connectivity index (χ0v) is 17.3. The minimum atomic E-state index is -0.570. The molecule has 11 heteroatoms. The molecule has 1 N–H and O–H groups in total. The summed E-state index contributed by atoms with van der Waals surface area (Å²) >= 11 is 1.19. The number of nitrogens with one attached hydrogen (secondary N) is 1. The third-order valence-corrected chi connectivity index (χ3v) is 6.36. The van der Waals surface area contributed by atoms with Crippen LogP contribution >= 0.6 is 11.3 Å². The van der Waals surface area contributed by atoms with Crippen molar-refractivity contribution < 1.29 is 9.18 Å². The summed E-state index contributed by atoms with van der Waals surface area (Å²) in [6.45, 7) is 0.438. The van der Waals surface area contributed by atoms with Gasteiger partial charge in [0.15, 0.2) is 5.01 Å². The number of carbonyl (C=O) groups excluding carboxylic acids is 1. The van der Waals surface area contributed by atoms with Gasteiger partial charge in [-0.2, -0.15) is 5.10 Å². The summed E-state index contributed by atoms with van der Waals surface area (Å²) in [5.41, 5.74) is 3.16. The van der Waals surface area contributed by atoms with Gasteiger partial charge < -0.3 is 9.88 Å². The molecule has 0 bridgehead atoms. The number of amides is 1. The molecule has 32 heavy (non-hydrogen) atoms. The van der Waals surface area contributed by atoms with E-state index < -0.39 is 6.04 Å². The van der Waals surface area contributed by atoms with Crippen molar-refractivity contribution >= 4 is 22.8 Å². The molecule has 5 aromatic heterocycles. The minimum Gasteiger partial charge on any atom is -0.348 e. The van der Waals surface area contributed by atoms with Crippen LogP contribution in [0.25, 0.3) is 16.2 Å². The standard InChI is InChI=1S/C21H15FN8OS/c22-12-4-3-8-30-16(12)10-15(28-30)18-17-13(24-11-25-17)6-9-29(18)21(31)20-27-26-19(32-20)14-5-1-2-7-23-14/h1-5,7-8,10-11,18H,6,9H2,(H,24,25)/t18-/m0/s1. The average Bonchev–Trinajstić information content (AvgIpc) is 3.58. The van der Waals surface area contributed by atoms with E-state index in [2.05, 4.69) is 30.2 Å². The van der Waals surface area contributed by atoms with E-state index in [1.54, 1.807) is 35.8 Å². The van der Waals surface area contributed by atoms with E-state index in [1.807, 2.05) is 18.2 Å². The lowest BCUT2D eigenvalue weighted by Crippen LogP contribution is -2.41. The maximum atomic E-state index is 14.3. The summed E-state index contributed by atoms with van der Waals surface area (Å²) in [5, 5.41) is 13.6. The second-order valence-corrected chi connectivity index (χ2v) is 8.28. The van der Waals surface area contributed by atoms with Gasteiger partial charge in [-0.1, -0.05) is 17.4 Å². The maximum absolute atomic E-state index is 14.3. The number of hydrogen-bond acceptors (Lipinski definition) is 7. The highest BCUT2D eigenvalue weighted by atomic mass is 32.1. The number of nitrogens with zero attached hydrogens (tertiary/aromatic N) is 7. The van der Waals surface area contributed by atoms with Crippen LogP contribution in [0.3, 0.4) is 0 Å². The molecule has 0 fully saturated rings. The lowest BCUT2D eigenvalue weighted by molar-refractivity contribution is 0.0685. The van der Waals surface area contributed by atoms with Gasteiger partial charge in [-0.15, -0.1) is 10.2 Å². The second-order valence-electron chi connectivity index (χ2n) is 7.30. The van der Waals surface area contributed by atoms with Crippen molar-refractivity contribution in [3.8, 4) is 10.7 Å². The molecular weight excluding hydrogens is 431 g/mol. The van der Waals surface area contributed by atoms with Gasteiger partial charge in [0.05, 0.1) is 17.7 Å². The van der Waals surface area contributed by atoms with Crippen LogP contribution in [0.2, 0.25) is 0 Å². The minimum absolute atomic E-state index is 0.254. The monoisotopic (exact) mass is 446 g/mol. The molecule has 0 spiro atoms. The Labute approximate surface area is 184 Å². The third-order valence-electron chi connectivity index (χ3n) is 5.43. The van der Waals surface area contributed by atoms with Crippen LogP contribution in [0.15, 0.2) is 55.1 Å². The maximum Gasteiger partial charge on any atom is 0.285 e. The molecule has 6 heterocycles. The molecule has 0 saturated heterocycles. The van der Waals surface area contributed by atoms with Gasteiger partial charge in [0.1, 0.15) is 23.1 Å². The highest BCUT2D eigenvalue weighted by Crippen LogP contribution is 2.35. The van der Waals surface area contributed by atoms with E-state index in [0.717, 1.165) is 5.69 Å². The first-order valence-corrected chi connectivity index (χ1v) is 10.7. The summed E-state index contributed by atoms with van der Waals surface area (Å²) in [6, 6.07) is 9.54. The SMILES string of the molecule is O=C(c1nnc(-c2ccccn2)s1)N1CCc2[nH]cnc2[C@@H]1c1cc2c(F)cccn2n1. The van der Waals surface area contributed by atoms with E-state index in [1.165, 1.54) is 21.9 Å². The Hall–Kier alpha value is -3.99. The predicted octanol–water partition coefficient (Wildman–Crippen LogP) is 2.90. The van der Waals surface area contributed by atoms with Crippen LogP contribution in [0.5, 0.6) is 0 Å². The van der Waals surface area contributed by atoms with E-state index >= 15 is 0 Å².